The third-order valence-electron chi connectivity index (χ3n) is 1.20. The van der Waals surface area contributed by atoms with Crippen molar-refractivity contribution in [3.05, 3.63) is 0 Å². The molecule has 0 aromatic heterocycles. The third-order valence-corrected chi connectivity index (χ3v) is 1.20. The van der Waals surface area contributed by atoms with Crippen LogP contribution in [-0.2, 0) is 0 Å². The van der Waals surface area contributed by atoms with Gasteiger partial charge in [0.15, 0.2) is 0 Å². The van der Waals surface area contributed by atoms with E-state index in [0.29, 0.717) is 12.5 Å². The Labute approximate surface area is 61.1 Å². The molecule has 0 bridgehead atoms. The zero-order valence-electron chi connectivity index (χ0n) is 6.26. The molecule has 52 valence electrons. The van der Waals surface area contributed by atoms with Crippen molar-refractivity contribution in [2.75, 3.05) is 6.54 Å². The molecule has 1 heterocycles. The highest BCUT2D eigenvalue weighted by Gasteiger charge is 2.01. The summed E-state index contributed by atoms with van der Waals surface area (Å²) in [5, 5.41) is 0. The molecule has 0 spiro atoms. The van der Waals surface area contributed by atoms with Gasteiger partial charge in [-0.2, -0.15) is 0 Å². The minimum Gasteiger partial charge on any atom is -0.257 e. The first kappa shape index (κ1) is 7.01. The summed E-state index contributed by atoms with van der Waals surface area (Å²) in [5.74, 6) is 6.91. The van der Waals surface area contributed by atoms with Crippen molar-refractivity contribution in [3.8, 4) is 11.8 Å². The van der Waals surface area contributed by atoms with E-state index >= 15 is 0 Å². The number of aliphatic imine (C=N–C) groups is 2. The average Bonchev–Trinajstić information content (AvgIpc) is 2.12. The van der Waals surface area contributed by atoms with Crippen LogP contribution in [0.3, 0.4) is 0 Å². The number of hydrogen-bond donors (Lipinski definition) is 0. The van der Waals surface area contributed by atoms with Gasteiger partial charge < -0.3 is 0 Å². The van der Waals surface area contributed by atoms with Gasteiger partial charge in [0.25, 0.3) is 0 Å². The van der Waals surface area contributed by atoms with Crippen molar-refractivity contribution in [1.82, 2.24) is 0 Å². The molecule has 1 aliphatic rings. The lowest BCUT2D eigenvalue weighted by molar-refractivity contribution is 0.867. The molecule has 0 aliphatic carbocycles. The van der Waals surface area contributed by atoms with Gasteiger partial charge in [-0.1, -0.05) is 25.7 Å². The second-order valence-corrected chi connectivity index (χ2v) is 2.41. The Morgan fingerprint density at radius 1 is 1.60 bits per heavy atom. The molecular formula is C8H10N2. The van der Waals surface area contributed by atoms with Crippen LogP contribution in [0.15, 0.2) is 9.98 Å². The van der Waals surface area contributed by atoms with Crippen LogP contribution >= 0.6 is 0 Å². The second-order valence-electron chi connectivity index (χ2n) is 2.41. The van der Waals surface area contributed by atoms with E-state index in [1.165, 1.54) is 0 Å². The molecule has 0 aromatic rings. The molecule has 10 heavy (non-hydrogen) atoms. The Morgan fingerprint density at radius 2 is 2.40 bits per heavy atom. The predicted octanol–water partition coefficient (Wildman–Crippen LogP) is 1.13. The molecule has 1 rings (SSSR count). The highest BCUT2D eigenvalue weighted by molar-refractivity contribution is 5.96. The summed E-state index contributed by atoms with van der Waals surface area (Å²) < 4.78 is 0. The molecule has 0 saturated heterocycles. The molecule has 0 N–H and O–H groups in total. The minimum absolute atomic E-state index is 0.401. The van der Waals surface area contributed by atoms with Crippen LogP contribution in [0.4, 0.5) is 0 Å². The number of nitrogens with zero attached hydrogens (tertiary/aromatic N) is 2. The van der Waals surface area contributed by atoms with Gasteiger partial charge in [0.2, 0.25) is 0 Å². The van der Waals surface area contributed by atoms with Gasteiger partial charge in [-0.3, -0.25) is 4.99 Å². The molecule has 2 nitrogen and oxygen atoms in total. The van der Waals surface area contributed by atoms with Crippen molar-refractivity contribution >= 4 is 12.1 Å². The molecule has 0 fully saturated rings. The van der Waals surface area contributed by atoms with E-state index in [1.54, 1.807) is 6.21 Å². The first-order chi connectivity index (χ1) is 4.80. The maximum Gasteiger partial charge on any atom is 0.127 e. The lowest BCUT2D eigenvalue weighted by atomic mass is 10.2. The zero-order valence-corrected chi connectivity index (χ0v) is 6.26. The van der Waals surface area contributed by atoms with Crippen LogP contribution < -0.4 is 0 Å². The predicted molar refractivity (Wildman–Crippen MR) is 43.4 cm³/mol. The van der Waals surface area contributed by atoms with Gasteiger partial charge in [-0.05, 0) is 0 Å². The minimum atomic E-state index is 0.401. The monoisotopic (exact) mass is 134 g/mol. The number of amidine groups is 1. The van der Waals surface area contributed by atoms with Gasteiger partial charge in [-0.25, -0.2) is 4.99 Å². The smallest absolute Gasteiger partial charge is 0.127 e. The highest BCUT2D eigenvalue weighted by Crippen LogP contribution is 1.98. The maximum atomic E-state index is 4.17. The molecule has 0 radical (unpaired) electrons. The van der Waals surface area contributed by atoms with Crippen molar-refractivity contribution in [2.24, 2.45) is 15.9 Å². The summed E-state index contributed by atoms with van der Waals surface area (Å²) in [4.78, 5) is 8.24. The van der Waals surface area contributed by atoms with Gasteiger partial charge >= 0.3 is 0 Å². The van der Waals surface area contributed by atoms with Crippen LogP contribution in [0.5, 0.6) is 0 Å². The molecule has 0 saturated carbocycles. The average molecular weight is 134 g/mol. The number of rotatable bonds is 1. The third kappa shape index (κ3) is 1.70. The summed E-state index contributed by atoms with van der Waals surface area (Å²) in [7, 11) is 0. The van der Waals surface area contributed by atoms with E-state index in [2.05, 4.69) is 35.7 Å². The molecular weight excluding hydrogens is 124 g/mol. The summed E-state index contributed by atoms with van der Waals surface area (Å²) in [6, 6.07) is 0. The van der Waals surface area contributed by atoms with Crippen LogP contribution in [0, 0.1) is 17.8 Å². The van der Waals surface area contributed by atoms with Crippen molar-refractivity contribution in [3.63, 3.8) is 0 Å². The van der Waals surface area contributed by atoms with Crippen molar-refractivity contribution in [1.29, 1.82) is 0 Å². The zero-order chi connectivity index (χ0) is 7.40. The van der Waals surface area contributed by atoms with E-state index in [-0.39, 0.29) is 0 Å². The van der Waals surface area contributed by atoms with Crippen LogP contribution in [0.25, 0.3) is 0 Å². The quantitative estimate of drug-likeness (QED) is 0.480. The van der Waals surface area contributed by atoms with E-state index in [4.69, 9.17) is 0 Å². The largest absolute Gasteiger partial charge is 0.257 e. The van der Waals surface area contributed by atoms with Gasteiger partial charge in [0, 0.05) is 5.92 Å². The first-order valence-electron chi connectivity index (χ1n) is 3.36. The first-order valence-corrected chi connectivity index (χ1v) is 3.36. The van der Waals surface area contributed by atoms with Crippen molar-refractivity contribution < 1.29 is 0 Å². The van der Waals surface area contributed by atoms with Gasteiger partial charge in [0.1, 0.15) is 12.4 Å². The molecule has 2 heteroatoms. The van der Waals surface area contributed by atoms with Gasteiger partial charge in [0.05, 0.1) is 6.21 Å². The lowest BCUT2D eigenvalue weighted by Crippen LogP contribution is -2.04. The van der Waals surface area contributed by atoms with Crippen LogP contribution in [0.1, 0.15) is 13.8 Å². The fourth-order valence-corrected chi connectivity index (χ4v) is 0.683. The SMILES string of the molecule is CC(C)C1=NCC#CC=N1. The molecule has 0 unspecified atom stereocenters. The second kappa shape index (κ2) is 3.17. The summed E-state index contributed by atoms with van der Waals surface area (Å²) in [6.45, 7) is 4.73. The van der Waals surface area contributed by atoms with E-state index < -0.39 is 0 Å². The number of hydrogen-bond acceptors (Lipinski definition) is 2. The normalized spacial score (nSPS) is 15.7. The standard InChI is InChI=1S/C8H10N2/c1-7(2)8-9-5-3-4-6-10-8/h5,7H,6H2,1-2H3. The Balaban J connectivity index is 2.71. The summed E-state index contributed by atoms with van der Waals surface area (Å²) in [5.41, 5.74) is 0. The van der Waals surface area contributed by atoms with E-state index in [9.17, 15) is 0 Å². The van der Waals surface area contributed by atoms with Crippen molar-refractivity contribution in [2.45, 2.75) is 13.8 Å². The molecule has 1 aliphatic heterocycles. The summed E-state index contributed by atoms with van der Waals surface area (Å²) in [6.07, 6.45) is 1.62. The Kier molecular flexibility index (Phi) is 2.22. The lowest BCUT2D eigenvalue weighted by Gasteiger charge is -2.00. The fraction of sp³-hybridized carbons (Fsp3) is 0.500. The Morgan fingerprint density at radius 3 is 3.10 bits per heavy atom. The Hall–Kier alpha value is -1.10. The fourth-order valence-electron chi connectivity index (χ4n) is 0.683. The maximum absolute atomic E-state index is 4.17. The molecule has 0 aromatic carbocycles. The molecule has 0 atom stereocenters. The highest BCUT2D eigenvalue weighted by atomic mass is 14.9. The van der Waals surface area contributed by atoms with E-state index in [0.717, 1.165) is 5.84 Å². The summed E-state index contributed by atoms with van der Waals surface area (Å²) >= 11 is 0. The van der Waals surface area contributed by atoms with Crippen LogP contribution in [0.2, 0.25) is 0 Å². The topological polar surface area (TPSA) is 24.7 Å². The molecule has 0 amide bonds. The van der Waals surface area contributed by atoms with Crippen LogP contribution in [-0.4, -0.2) is 18.6 Å². The van der Waals surface area contributed by atoms with E-state index in [1.807, 2.05) is 0 Å². The Bertz CT molecular complexity index is 225. The van der Waals surface area contributed by atoms with Gasteiger partial charge in [-0.15, -0.1) is 0 Å².